The van der Waals surface area contributed by atoms with Crippen molar-refractivity contribution in [1.29, 1.82) is 0 Å². The predicted molar refractivity (Wildman–Crippen MR) is 162 cm³/mol. The second-order valence-corrected chi connectivity index (χ2v) is 11.1. The minimum Gasteiger partial charge on any atom is -0.355 e. The van der Waals surface area contributed by atoms with Crippen molar-refractivity contribution >= 4 is 68.2 Å². The molecule has 12 heteroatoms. The number of para-hydroxylation sites is 1. The number of anilines is 2. The zero-order valence-corrected chi connectivity index (χ0v) is 25.3. The number of aromatic nitrogens is 3. The Kier molecular flexibility index (Phi) is 8.44. The van der Waals surface area contributed by atoms with E-state index < -0.39 is 5.91 Å². The first kappa shape index (κ1) is 28.8. The van der Waals surface area contributed by atoms with Crippen LogP contribution in [0.3, 0.4) is 0 Å². The summed E-state index contributed by atoms with van der Waals surface area (Å²) in [6.45, 7) is 2.64. The number of carbonyl (C=O) groups excluding carboxylic acids is 3. The Hall–Kier alpha value is -3.73. The molecule has 0 atom stereocenters. The van der Waals surface area contributed by atoms with Gasteiger partial charge in [0.1, 0.15) is 10.3 Å². The van der Waals surface area contributed by atoms with Crippen molar-refractivity contribution < 1.29 is 14.4 Å². The third kappa shape index (κ3) is 5.86. The number of nitrogens with one attached hydrogen (secondary N) is 2. The Balaban J connectivity index is 0.000000213. The minimum atomic E-state index is -0.490. The molecule has 9 nitrogen and oxygen atoms in total. The van der Waals surface area contributed by atoms with Crippen molar-refractivity contribution in [2.75, 3.05) is 23.8 Å². The lowest BCUT2D eigenvalue weighted by atomic mass is 10.00. The number of carbonyl (C=O) groups is 3. The van der Waals surface area contributed by atoms with E-state index in [-0.39, 0.29) is 17.2 Å². The zero-order valence-electron chi connectivity index (χ0n) is 22.2. The van der Waals surface area contributed by atoms with Crippen molar-refractivity contribution in [1.82, 2.24) is 20.1 Å². The molecule has 0 unspecified atom stereocenters. The molecule has 2 aromatic heterocycles. The molecule has 2 aliphatic rings. The van der Waals surface area contributed by atoms with Crippen LogP contribution in [0.5, 0.6) is 0 Å². The molecule has 4 heterocycles. The van der Waals surface area contributed by atoms with Gasteiger partial charge in [0.05, 0.1) is 22.0 Å². The minimum absolute atomic E-state index is 0.185. The number of hydrogen-bond donors (Lipinski definition) is 2. The van der Waals surface area contributed by atoms with Crippen LogP contribution in [0.25, 0.3) is 5.82 Å². The van der Waals surface area contributed by atoms with Crippen molar-refractivity contribution in [3.63, 3.8) is 0 Å². The summed E-state index contributed by atoms with van der Waals surface area (Å²) in [6, 6.07) is 14.4. The lowest BCUT2D eigenvalue weighted by Crippen LogP contribution is -2.32. The molecule has 41 heavy (non-hydrogen) atoms. The number of pyridine rings is 1. The van der Waals surface area contributed by atoms with Crippen LogP contribution in [-0.4, -0.2) is 46.1 Å². The van der Waals surface area contributed by atoms with E-state index in [9.17, 15) is 14.4 Å². The highest BCUT2D eigenvalue weighted by Gasteiger charge is 2.30. The predicted octanol–water partition coefficient (Wildman–Crippen LogP) is 5.78. The molecule has 4 aromatic rings. The first-order chi connectivity index (χ1) is 19.7. The molecule has 3 amide bonds. The summed E-state index contributed by atoms with van der Waals surface area (Å²) >= 11 is 15.5. The number of benzene rings is 2. The Labute approximate surface area is 255 Å². The fraction of sp³-hybridized carbons (Fsp3) is 0.207. The van der Waals surface area contributed by atoms with Crippen molar-refractivity contribution in [3.8, 4) is 5.82 Å². The maximum absolute atomic E-state index is 13.0. The van der Waals surface area contributed by atoms with Gasteiger partial charge in [-0.05, 0) is 76.7 Å². The normalized spacial score (nSPS) is 13.3. The third-order valence-corrected chi connectivity index (χ3v) is 7.75. The summed E-state index contributed by atoms with van der Waals surface area (Å²) in [6.07, 6.45) is 4.20. The fourth-order valence-corrected chi connectivity index (χ4v) is 5.82. The van der Waals surface area contributed by atoms with E-state index in [0.717, 1.165) is 19.4 Å². The molecule has 0 radical (unpaired) electrons. The molecule has 0 saturated heterocycles. The number of nitrogens with zero attached hydrogens (tertiary/aromatic N) is 4. The summed E-state index contributed by atoms with van der Waals surface area (Å²) in [4.78, 5) is 42.9. The molecule has 2 N–H and O–H groups in total. The number of aryl methyl sites for hydroxylation is 2. The van der Waals surface area contributed by atoms with Crippen LogP contribution in [0.15, 0.2) is 59.3 Å². The molecule has 2 aromatic carbocycles. The standard InChI is InChI=1S/C18H14BrCl2N5O2.C11H11NO/c1-9-6-10(20)7-11(17(27)22-2)15(9)24-18(28)13-8-14(19)25-26(13)16-12(21)4-3-5-23-16;13-10-5-4-8-2-1-3-9-6-7-12(10)11(8)9/h3-8H,1-2H3,(H,22,27)(H,24,28);1-3H,4-7H2. The van der Waals surface area contributed by atoms with Gasteiger partial charge in [0, 0.05) is 37.3 Å². The van der Waals surface area contributed by atoms with E-state index >= 15 is 0 Å². The van der Waals surface area contributed by atoms with Gasteiger partial charge in [-0.15, -0.1) is 0 Å². The highest BCUT2D eigenvalue weighted by molar-refractivity contribution is 9.10. The Morgan fingerprint density at radius 3 is 2.49 bits per heavy atom. The molecule has 0 saturated carbocycles. The van der Waals surface area contributed by atoms with Crippen LogP contribution >= 0.6 is 39.1 Å². The Bertz CT molecular complexity index is 1690. The first-order valence-electron chi connectivity index (χ1n) is 12.8. The van der Waals surface area contributed by atoms with Crippen molar-refractivity contribution in [2.45, 2.75) is 26.2 Å². The van der Waals surface area contributed by atoms with Crippen molar-refractivity contribution in [3.05, 3.63) is 97.3 Å². The Morgan fingerprint density at radius 1 is 1.00 bits per heavy atom. The van der Waals surface area contributed by atoms with Gasteiger partial charge in [-0.2, -0.15) is 5.10 Å². The molecule has 2 aliphatic heterocycles. The number of amides is 3. The maximum Gasteiger partial charge on any atom is 0.274 e. The van der Waals surface area contributed by atoms with Crippen LogP contribution < -0.4 is 15.5 Å². The van der Waals surface area contributed by atoms with Gasteiger partial charge in [0.15, 0.2) is 5.82 Å². The van der Waals surface area contributed by atoms with Crippen LogP contribution in [0.1, 0.15) is 44.0 Å². The number of hydrogen-bond acceptors (Lipinski definition) is 5. The maximum atomic E-state index is 13.0. The lowest BCUT2D eigenvalue weighted by Gasteiger charge is -2.24. The smallest absolute Gasteiger partial charge is 0.274 e. The Morgan fingerprint density at radius 2 is 1.76 bits per heavy atom. The second-order valence-electron chi connectivity index (χ2n) is 9.47. The van der Waals surface area contributed by atoms with Gasteiger partial charge < -0.3 is 15.5 Å². The van der Waals surface area contributed by atoms with Crippen LogP contribution in [0.2, 0.25) is 10.0 Å². The lowest BCUT2D eigenvalue weighted by molar-refractivity contribution is -0.118. The van der Waals surface area contributed by atoms with E-state index in [1.165, 1.54) is 40.7 Å². The topological polar surface area (TPSA) is 109 Å². The van der Waals surface area contributed by atoms with Crippen LogP contribution in [0, 0.1) is 6.92 Å². The van der Waals surface area contributed by atoms with E-state index in [2.05, 4.69) is 54.8 Å². The summed E-state index contributed by atoms with van der Waals surface area (Å²) in [5.74, 6) is -0.254. The monoisotopic (exact) mass is 654 g/mol. The van der Waals surface area contributed by atoms with Crippen LogP contribution in [0.4, 0.5) is 11.4 Å². The van der Waals surface area contributed by atoms with Gasteiger partial charge >= 0.3 is 0 Å². The molecule has 0 aliphatic carbocycles. The fourth-order valence-electron chi connectivity index (χ4n) is 4.97. The van der Waals surface area contributed by atoms with Gasteiger partial charge in [0.2, 0.25) is 5.91 Å². The molecule has 0 bridgehead atoms. The molecular weight excluding hydrogens is 631 g/mol. The second kappa shape index (κ2) is 12.0. The number of halogens is 3. The quantitative estimate of drug-likeness (QED) is 0.290. The summed E-state index contributed by atoms with van der Waals surface area (Å²) in [5.41, 5.74) is 5.36. The summed E-state index contributed by atoms with van der Waals surface area (Å²) in [7, 11) is 1.50. The largest absolute Gasteiger partial charge is 0.355 e. The zero-order chi connectivity index (χ0) is 29.3. The van der Waals surface area contributed by atoms with E-state index in [1.807, 2.05) is 4.90 Å². The SMILES string of the molecule is CNC(=O)c1cc(Cl)cc(C)c1NC(=O)c1cc(Br)nn1-c1ncccc1Cl.O=C1CCc2cccc3c2N1CC3. The van der Waals surface area contributed by atoms with Crippen molar-refractivity contribution in [2.24, 2.45) is 0 Å². The molecule has 0 spiro atoms. The molecule has 210 valence electrons. The molecule has 0 fully saturated rings. The van der Waals surface area contributed by atoms with Crippen LogP contribution in [-0.2, 0) is 17.6 Å². The van der Waals surface area contributed by atoms with Gasteiger partial charge in [0.25, 0.3) is 11.8 Å². The van der Waals surface area contributed by atoms with Gasteiger partial charge in [-0.1, -0.05) is 41.4 Å². The third-order valence-electron chi connectivity index (χ3n) is 6.85. The summed E-state index contributed by atoms with van der Waals surface area (Å²) < 4.78 is 1.76. The highest BCUT2D eigenvalue weighted by atomic mass is 79.9. The number of rotatable bonds is 4. The van der Waals surface area contributed by atoms with E-state index in [0.29, 0.717) is 44.0 Å². The average molecular weight is 656 g/mol. The van der Waals surface area contributed by atoms with Gasteiger partial charge in [-0.25, -0.2) is 9.67 Å². The van der Waals surface area contributed by atoms with Gasteiger partial charge in [-0.3, -0.25) is 14.4 Å². The first-order valence-corrected chi connectivity index (χ1v) is 14.3. The van der Waals surface area contributed by atoms with E-state index in [4.69, 9.17) is 23.2 Å². The van der Waals surface area contributed by atoms with E-state index in [1.54, 1.807) is 31.3 Å². The molecule has 6 rings (SSSR count). The highest BCUT2D eigenvalue weighted by Crippen LogP contribution is 2.36. The average Bonchev–Trinajstić information content (AvgIpc) is 3.57. The summed E-state index contributed by atoms with van der Waals surface area (Å²) in [5, 5.41) is 10.3. The molecular formula is C29H25BrCl2N6O3.